The quantitative estimate of drug-likeness (QED) is 0.336. The van der Waals surface area contributed by atoms with E-state index in [-0.39, 0.29) is 5.71 Å². The summed E-state index contributed by atoms with van der Waals surface area (Å²) in [6.45, 7) is 2.03. The summed E-state index contributed by atoms with van der Waals surface area (Å²) < 4.78 is 8.63. The second-order valence-corrected chi connectivity index (χ2v) is 1.81. The van der Waals surface area contributed by atoms with Crippen LogP contribution in [0.1, 0.15) is 6.92 Å². The first kappa shape index (κ1) is 10.6. The van der Waals surface area contributed by atoms with E-state index in [0.717, 1.165) is 0 Å². The van der Waals surface area contributed by atoms with Crippen molar-refractivity contribution in [2.45, 2.75) is 6.92 Å². The molecule has 0 bridgehead atoms. The molecule has 0 aromatic carbocycles. The van der Waals surface area contributed by atoms with Gasteiger partial charge in [-0.25, -0.2) is 9.59 Å². The van der Waals surface area contributed by atoms with Crippen molar-refractivity contribution in [3.05, 3.63) is 0 Å². The minimum atomic E-state index is -0.774. The molecule has 0 saturated heterocycles. The molecule has 0 aromatic rings. The Morgan fingerprint density at radius 3 is 1.83 bits per heavy atom. The first-order valence-electron chi connectivity index (χ1n) is 3.38. The number of rotatable bonds is 3. The number of carbonyl (C=O) groups is 2. The molecule has 68 valence electrons. The molecule has 0 radical (unpaired) electrons. The van der Waals surface area contributed by atoms with E-state index in [1.54, 1.807) is 6.92 Å². The summed E-state index contributed by atoms with van der Waals surface area (Å²) in [6, 6.07) is 0. The van der Waals surface area contributed by atoms with Gasteiger partial charge in [-0.3, -0.25) is 4.99 Å². The Labute approximate surface area is 70.4 Å². The van der Waals surface area contributed by atoms with E-state index < -0.39 is 11.9 Å². The van der Waals surface area contributed by atoms with E-state index >= 15 is 0 Å². The van der Waals surface area contributed by atoms with Gasteiger partial charge in [0, 0.05) is 6.54 Å². The Balaban J connectivity index is 4.55. The van der Waals surface area contributed by atoms with Gasteiger partial charge in [0.05, 0.1) is 14.2 Å². The van der Waals surface area contributed by atoms with Crippen LogP contribution in [-0.4, -0.2) is 38.4 Å². The molecular weight excluding hydrogens is 162 g/mol. The predicted molar refractivity (Wildman–Crippen MR) is 42.0 cm³/mol. The van der Waals surface area contributed by atoms with E-state index in [0.29, 0.717) is 6.54 Å². The fourth-order valence-corrected chi connectivity index (χ4v) is 0.564. The van der Waals surface area contributed by atoms with Crippen molar-refractivity contribution < 1.29 is 19.1 Å². The molecule has 0 heterocycles. The summed E-state index contributed by atoms with van der Waals surface area (Å²) in [5.74, 6) is -1.55. The number of hydrogen-bond acceptors (Lipinski definition) is 5. The van der Waals surface area contributed by atoms with E-state index in [4.69, 9.17) is 0 Å². The van der Waals surface area contributed by atoms with Gasteiger partial charge in [0.1, 0.15) is 0 Å². The normalized spacial score (nSPS) is 8.58. The number of ether oxygens (including phenoxy) is 2. The van der Waals surface area contributed by atoms with Gasteiger partial charge in [-0.2, -0.15) is 0 Å². The Hall–Kier alpha value is -1.39. The topological polar surface area (TPSA) is 65.0 Å². The van der Waals surface area contributed by atoms with Crippen LogP contribution in [0.2, 0.25) is 0 Å². The molecule has 0 saturated carbocycles. The summed E-state index contributed by atoms with van der Waals surface area (Å²) in [6.07, 6.45) is 0. The third kappa shape index (κ3) is 2.69. The van der Waals surface area contributed by atoms with Crippen molar-refractivity contribution in [2.75, 3.05) is 20.8 Å². The van der Waals surface area contributed by atoms with Crippen LogP contribution in [0.25, 0.3) is 0 Å². The van der Waals surface area contributed by atoms with Crippen LogP contribution in [0.4, 0.5) is 0 Å². The second-order valence-electron chi connectivity index (χ2n) is 1.81. The zero-order valence-corrected chi connectivity index (χ0v) is 7.29. The number of carbonyl (C=O) groups excluding carboxylic acids is 2. The monoisotopic (exact) mass is 173 g/mol. The Morgan fingerprint density at radius 1 is 1.17 bits per heavy atom. The first-order chi connectivity index (χ1) is 5.67. The lowest BCUT2D eigenvalue weighted by molar-refractivity contribution is -0.138. The molecule has 0 amide bonds. The number of aliphatic imine (C=N–C) groups is 1. The highest BCUT2D eigenvalue weighted by Gasteiger charge is 2.20. The van der Waals surface area contributed by atoms with Crippen molar-refractivity contribution in [2.24, 2.45) is 4.99 Å². The number of nitrogens with zero attached hydrogens (tertiary/aromatic N) is 1. The van der Waals surface area contributed by atoms with Gasteiger partial charge < -0.3 is 9.47 Å². The lowest BCUT2D eigenvalue weighted by atomic mass is 10.4. The predicted octanol–water partition coefficient (Wildman–Crippen LogP) is -0.207. The molecule has 0 fully saturated rings. The SMILES string of the molecule is CCN=C(C(=O)OC)C(=O)OC. The van der Waals surface area contributed by atoms with Gasteiger partial charge >= 0.3 is 11.9 Å². The average molecular weight is 173 g/mol. The van der Waals surface area contributed by atoms with Gasteiger partial charge in [0.2, 0.25) is 5.71 Å². The fourth-order valence-electron chi connectivity index (χ4n) is 0.564. The molecule has 0 aliphatic rings. The molecule has 12 heavy (non-hydrogen) atoms. The molecular formula is C7H11NO4. The van der Waals surface area contributed by atoms with Crippen LogP contribution in [-0.2, 0) is 19.1 Å². The molecule has 0 aliphatic heterocycles. The van der Waals surface area contributed by atoms with Gasteiger partial charge in [0.25, 0.3) is 0 Å². The van der Waals surface area contributed by atoms with Crippen molar-refractivity contribution in [1.82, 2.24) is 0 Å². The summed E-state index contributed by atoms with van der Waals surface area (Å²) in [7, 11) is 2.35. The molecule has 0 spiro atoms. The van der Waals surface area contributed by atoms with E-state index in [1.165, 1.54) is 14.2 Å². The van der Waals surface area contributed by atoms with Crippen LogP contribution in [0.5, 0.6) is 0 Å². The van der Waals surface area contributed by atoms with Gasteiger partial charge in [-0.1, -0.05) is 0 Å². The van der Waals surface area contributed by atoms with Crippen LogP contribution in [0, 0.1) is 0 Å². The summed E-state index contributed by atoms with van der Waals surface area (Å²) >= 11 is 0. The zero-order valence-electron chi connectivity index (χ0n) is 7.29. The van der Waals surface area contributed by atoms with E-state index in [9.17, 15) is 9.59 Å². The second kappa shape index (κ2) is 5.29. The number of esters is 2. The number of hydrogen-bond donors (Lipinski definition) is 0. The largest absolute Gasteiger partial charge is 0.464 e. The van der Waals surface area contributed by atoms with Crippen molar-refractivity contribution in [3.8, 4) is 0 Å². The molecule has 0 atom stereocenters. The smallest absolute Gasteiger partial charge is 0.363 e. The third-order valence-electron chi connectivity index (χ3n) is 1.07. The highest BCUT2D eigenvalue weighted by Crippen LogP contribution is 1.87. The summed E-state index contributed by atoms with van der Waals surface area (Å²) in [4.78, 5) is 25.3. The minimum Gasteiger partial charge on any atom is -0.464 e. The highest BCUT2D eigenvalue weighted by atomic mass is 16.5. The molecule has 0 unspecified atom stereocenters. The van der Waals surface area contributed by atoms with Crippen LogP contribution in [0.3, 0.4) is 0 Å². The first-order valence-corrected chi connectivity index (χ1v) is 3.38. The Morgan fingerprint density at radius 2 is 1.58 bits per heavy atom. The minimum absolute atomic E-state index is 0.303. The van der Waals surface area contributed by atoms with Gasteiger partial charge in [-0.05, 0) is 6.92 Å². The standard InChI is InChI=1S/C7H11NO4/c1-4-8-5(6(9)11-2)7(10)12-3/h4H2,1-3H3. The Bertz CT molecular complexity index is 191. The Kier molecular flexibility index (Phi) is 4.67. The number of methoxy groups -OCH3 is 2. The summed E-state index contributed by atoms with van der Waals surface area (Å²) in [5.41, 5.74) is -0.303. The van der Waals surface area contributed by atoms with Gasteiger partial charge in [0.15, 0.2) is 0 Å². The highest BCUT2D eigenvalue weighted by molar-refractivity contribution is 6.62. The fraction of sp³-hybridized carbons (Fsp3) is 0.571. The lowest BCUT2D eigenvalue weighted by Gasteiger charge is -2.00. The summed E-state index contributed by atoms with van der Waals surface area (Å²) in [5, 5.41) is 0. The van der Waals surface area contributed by atoms with Crippen LogP contribution in [0.15, 0.2) is 4.99 Å². The van der Waals surface area contributed by atoms with Crippen molar-refractivity contribution >= 4 is 17.7 Å². The van der Waals surface area contributed by atoms with E-state index in [2.05, 4.69) is 14.5 Å². The molecule has 0 aromatic heterocycles. The molecule has 0 N–H and O–H groups in total. The van der Waals surface area contributed by atoms with Crippen LogP contribution >= 0.6 is 0 Å². The van der Waals surface area contributed by atoms with Crippen molar-refractivity contribution in [3.63, 3.8) is 0 Å². The zero-order chi connectivity index (χ0) is 9.56. The van der Waals surface area contributed by atoms with Crippen molar-refractivity contribution in [1.29, 1.82) is 0 Å². The van der Waals surface area contributed by atoms with Gasteiger partial charge in [-0.15, -0.1) is 0 Å². The molecule has 0 rings (SSSR count). The molecule has 0 aliphatic carbocycles. The average Bonchev–Trinajstić information content (AvgIpc) is 2.11. The maximum absolute atomic E-state index is 10.8. The maximum Gasteiger partial charge on any atom is 0.363 e. The molecule has 5 heteroatoms. The van der Waals surface area contributed by atoms with E-state index in [1.807, 2.05) is 0 Å². The maximum atomic E-state index is 10.8. The lowest BCUT2D eigenvalue weighted by Crippen LogP contribution is -2.26. The molecule has 5 nitrogen and oxygen atoms in total. The third-order valence-corrected chi connectivity index (χ3v) is 1.07. The van der Waals surface area contributed by atoms with Crippen LogP contribution < -0.4 is 0 Å².